The Balaban J connectivity index is 0.917. The quantitative estimate of drug-likeness (QED) is 0.140. The number of anilines is 6. The van der Waals surface area contributed by atoms with Crippen molar-refractivity contribution < 1.29 is 0 Å². The van der Waals surface area contributed by atoms with Crippen LogP contribution >= 0.6 is 0 Å². The van der Waals surface area contributed by atoms with Gasteiger partial charge in [0.2, 0.25) is 0 Å². The summed E-state index contributed by atoms with van der Waals surface area (Å²) in [6, 6.07) is 93.8. The van der Waals surface area contributed by atoms with Gasteiger partial charge in [-0.2, -0.15) is 0 Å². The molecule has 0 atom stereocenters. The van der Waals surface area contributed by atoms with Gasteiger partial charge in [-0.25, -0.2) is 0 Å². The number of benzene rings is 14. The second-order valence-electron chi connectivity index (χ2n) is 18.0. The van der Waals surface area contributed by atoms with Gasteiger partial charge in [-0.3, -0.25) is 0 Å². The number of para-hydroxylation sites is 3. The number of hydrogen-bond donors (Lipinski definition) is 0. The largest absolute Gasteiger partial charge is 0.311 e. The first kappa shape index (κ1) is 38.3. The van der Waals surface area contributed by atoms with Crippen LogP contribution in [0.3, 0.4) is 0 Å². The van der Waals surface area contributed by atoms with Crippen LogP contribution in [0.2, 0.25) is 0 Å². The molecule has 0 spiro atoms. The van der Waals surface area contributed by atoms with Gasteiger partial charge in [-0.15, -0.1) is 0 Å². The molecule has 316 valence electrons. The van der Waals surface area contributed by atoms with E-state index in [-0.39, 0.29) is 0 Å². The molecule has 14 aromatic rings. The first-order chi connectivity index (χ1) is 33.7. The highest BCUT2D eigenvalue weighted by Gasteiger charge is 2.22. The maximum absolute atomic E-state index is 2.42. The highest BCUT2D eigenvalue weighted by molar-refractivity contribution is 6.31. The number of fused-ring (bicyclic) bond motifs is 1. The smallest absolute Gasteiger partial charge is 0.0540 e. The van der Waals surface area contributed by atoms with Crippen molar-refractivity contribution >= 4 is 110 Å². The molecule has 2 nitrogen and oxygen atoms in total. The summed E-state index contributed by atoms with van der Waals surface area (Å²) in [5.41, 5.74) is 11.8. The molecule has 0 saturated carbocycles. The van der Waals surface area contributed by atoms with Gasteiger partial charge in [0.1, 0.15) is 0 Å². The molecule has 2 heteroatoms. The zero-order chi connectivity index (χ0) is 44.7. The topological polar surface area (TPSA) is 6.48 Å². The van der Waals surface area contributed by atoms with Crippen molar-refractivity contribution in [3.05, 3.63) is 255 Å². The molecule has 0 N–H and O–H groups in total. The Morgan fingerprint density at radius 3 is 1.12 bits per heavy atom. The van der Waals surface area contributed by atoms with Gasteiger partial charge in [-0.05, 0) is 159 Å². The second-order valence-corrected chi connectivity index (χ2v) is 18.0. The summed E-state index contributed by atoms with van der Waals surface area (Å²) >= 11 is 0. The third-order valence-corrected chi connectivity index (χ3v) is 14.3. The fraction of sp³-hybridized carbons (Fsp3) is 0. The maximum atomic E-state index is 2.42. The molecule has 14 aromatic carbocycles. The predicted molar refractivity (Wildman–Crippen MR) is 292 cm³/mol. The Labute approximate surface area is 394 Å². The van der Waals surface area contributed by atoms with Gasteiger partial charge in [-0.1, -0.05) is 188 Å². The van der Waals surface area contributed by atoms with E-state index in [9.17, 15) is 0 Å². The van der Waals surface area contributed by atoms with E-state index in [4.69, 9.17) is 0 Å². The summed E-state index contributed by atoms with van der Waals surface area (Å²) in [6.07, 6.45) is 0. The first-order valence-corrected chi connectivity index (χ1v) is 23.5. The van der Waals surface area contributed by atoms with E-state index in [1.165, 1.54) is 97.7 Å². The minimum atomic E-state index is 1.12. The molecule has 14 rings (SSSR count). The van der Waals surface area contributed by atoms with E-state index in [0.717, 1.165) is 34.1 Å². The molecule has 0 amide bonds. The minimum absolute atomic E-state index is 1.12. The predicted octanol–water partition coefficient (Wildman–Crippen LogP) is 18.9. The lowest BCUT2D eigenvalue weighted by molar-refractivity contribution is 1.28. The van der Waals surface area contributed by atoms with E-state index < -0.39 is 0 Å². The van der Waals surface area contributed by atoms with Gasteiger partial charge in [0, 0.05) is 33.8 Å². The molecule has 0 aliphatic carbocycles. The Bertz CT molecular complexity index is 4140. The SMILES string of the molecule is c1ccc(N(c2ccccc2)c2ccc(-c3ccc4ccc5c(-c6ccc7ccc8c(N(c9ccccc9)c9ccc%10ccccc%10c9)ccc9ccc6c7c98)ccc6ccc3c4c65)cc2)cc1. The fourth-order valence-electron chi connectivity index (χ4n) is 11.2. The lowest BCUT2D eigenvalue weighted by atomic mass is 9.85. The van der Waals surface area contributed by atoms with Crippen LogP contribution in [0.25, 0.3) is 97.7 Å². The molecule has 0 aliphatic heterocycles. The van der Waals surface area contributed by atoms with Crippen molar-refractivity contribution in [2.45, 2.75) is 0 Å². The Morgan fingerprint density at radius 2 is 0.574 bits per heavy atom. The molecular weight excluding hydrogens is 821 g/mol. The lowest BCUT2D eigenvalue weighted by Gasteiger charge is -2.28. The second kappa shape index (κ2) is 15.3. The maximum Gasteiger partial charge on any atom is 0.0540 e. The summed E-state index contributed by atoms with van der Waals surface area (Å²) in [6.45, 7) is 0. The van der Waals surface area contributed by atoms with Gasteiger partial charge in [0.15, 0.2) is 0 Å². The third-order valence-electron chi connectivity index (χ3n) is 14.3. The van der Waals surface area contributed by atoms with Crippen LogP contribution in [-0.2, 0) is 0 Å². The first-order valence-electron chi connectivity index (χ1n) is 23.5. The van der Waals surface area contributed by atoms with E-state index in [1.54, 1.807) is 0 Å². The van der Waals surface area contributed by atoms with E-state index in [2.05, 4.69) is 265 Å². The Kier molecular flexibility index (Phi) is 8.62. The monoisotopic (exact) mass is 862 g/mol. The summed E-state index contributed by atoms with van der Waals surface area (Å²) < 4.78 is 0. The van der Waals surface area contributed by atoms with Gasteiger partial charge < -0.3 is 9.80 Å². The zero-order valence-electron chi connectivity index (χ0n) is 37.1. The van der Waals surface area contributed by atoms with Crippen molar-refractivity contribution in [2.75, 3.05) is 9.80 Å². The molecule has 0 fully saturated rings. The normalized spacial score (nSPS) is 11.8. The zero-order valence-corrected chi connectivity index (χ0v) is 37.1. The average Bonchev–Trinajstić information content (AvgIpc) is 3.41. The van der Waals surface area contributed by atoms with E-state index in [0.29, 0.717) is 0 Å². The van der Waals surface area contributed by atoms with E-state index in [1.807, 2.05) is 0 Å². The van der Waals surface area contributed by atoms with Gasteiger partial charge in [0.25, 0.3) is 0 Å². The number of nitrogens with zero attached hydrogens (tertiary/aromatic N) is 2. The minimum Gasteiger partial charge on any atom is -0.311 e. The van der Waals surface area contributed by atoms with E-state index >= 15 is 0 Å². The standard InChI is InChI=1S/C66H42N2/c1-4-14-50(15-5-1)67(51-16-6-2-7-17-51)53-31-21-44(22-32-53)55-34-23-45-27-38-59-56(35-24-46-26-37-58(55)63(45)64(46)59)57-36-25-47-29-40-61-62(41-30-48-28-39-60(57)65(47)66(48)61)68(52-18-8-3-9-19-52)54-33-20-43-12-10-11-13-49(43)42-54/h1-42H. The van der Waals surface area contributed by atoms with Crippen LogP contribution in [0.15, 0.2) is 255 Å². The summed E-state index contributed by atoms with van der Waals surface area (Å²) in [4.78, 5) is 4.74. The molecule has 0 aliphatic rings. The number of rotatable bonds is 8. The van der Waals surface area contributed by atoms with Crippen LogP contribution in [0.5, 0.6) is 0 Å². The van der Waals surface area contributed by atoms with Crippen LogP contribution < -0.4 is 9.80 Å². The van der Waals surface area contributed by atoms with Crippen LogP contribution in [0.4, 0.5) is 34.1 Å². The summed E-state index contributed by atoms with van der Waals surface area (Å²) in [5, 5.41) is 17.8. The van der Waals surface area contributed by atoms with Crippen LogP contribution in [-0.4, -0.2) is 0 Å². The molecule has 68 heavy (non-hydrogen) atoms. The fourth-order valence-corrected chi connectivity index (χ4v) is 11.2. The molecule has 0 aromatic heterocycles. The molecular formula is C66H42N2. The Hall–Kier alpha value is -8.98. The lowest BCUT2D eigenvalue weighted by Crippen LogP contribution is -2.10. The Morgan fingerprint density at radius 1 is 0.206 bits per heavy atom. The van der Waals surface area contributed by atoms with Crippen molar-refractivity contribution in [1.29, 1.82) is 0 Å². The van der Waals surface area contributed by atoms with Crippen LogP contribution in [0.1, 0.15) is 0 Å². The molecule has 0 radical (unpaired) electrons. The van der Waals surface area contributed by atoms with Gasteiger partial charge in [0.05, 0.1) is 5.69 Å². The number of hydrogen-bond acceptors (Lipinski definition) is 2. The summed E-state index contributed by atoms with van der Waals surface area (Å²) in [7, 11) is 0. The third kappa shape index (κ3) is 5.98. The van der Waals surface area contributed by atoms with Crippen molar-refractivity contribution in [3.8, 4) is 22.3 Å². The molecule has 0 bridgehead atoms. The summed E-state index contributed by atoms with van der Waals surface area (Å²) in [5.74, 6) is 0. The van der Waals surface area contributed by atoms with Crippen molar-refractivity contribution in [3.63, 3.8) is 0 Å². The van der Waals surface area contributed by atoms with Gasteiger partial charge >= 0.3 is 0 Å². The van der Waals surface area contributed by atoms with Crippen molar-refractivity contribution in [2.24, 2.45) is 0 Å². The molecule has 0 heterocycles. The average molecular weight is 863 g/mol. The highest BCUT2D eigenvalue weighted by atomic mass is 15.1. The molecule has 0 saturated heterocycles. The molecule has 0 unspecified atom stereocenters. The highest BCUT2D eigenvalue weighted by Crippen LogP contribution is 2.48. The van der Waals surface area contributed by atoms with Crippen LogP contribution in [0, 0.1) is 0 Å². The van der Waals surface area contributed by atoms with Crippen molar-refractivity contribution in [1.82, 2.24) is 0 Å².